The first-order valence-corrected chi connectivity index (χ1v) is 5.49. The number of benzene rings is 1. The summed E-state index contributed by atoms with van der Waals surface area (Å²) in [4.78, 5) is 10.9. The van der Waals surface area contributed by atoms with Crippen molar-refractivity contribution in [2.45, 2.75) is 19.8 Å². The molecule has 17 heavy (non-hydrogen) atoms. The van der Waals surface area contributed by atoms with Crippen molar-refractivity contribution in [1.82, 2.24) is 0 Å². The van der Waals surface area contributed by atoms with Crippen LogP contribution in [0.3, 0.4) is 0 Å². The molecule has 0 saturated carbocycles. The van der Waals surface area contributed by atoms with E-state index >= 15 is 0 Å². The highest BCUT2D eigenvalue weighted by Gasteiger charge is 2.02. The van der Waals surface area contributed by atoms with E-state index in [1.807, 2.05) is 19.1 Å². The van der Waals surface area contributed by atoms with E-state index in [0.29, 0.717) is 24.9 Å². The van der Waals surface area contributed by atoms with Gasteiger partial charge in [-0.3, -0.25) is 4.79 Å². The first-order chi connectivity index (χ1) is 8.17. The van der Waals surface area contributed by atoms with Gasteiger partial charge in [0.2, 0.25) is 0 Å². The number of rotatable bonds is 5. The lowest BCUT2D eigenvalue weighted by atomic mass is 10.1. The third-order valence-electron chi connectivity index (χ3n) is 2.47. The summed E-state index contributed by atoms with van der Waals surface area (Å²) in [5.41, 5.74) is 2.65. The van der Waals surface area contributed by atoms with Crippen LogP contribution in [0.2, 0.25) is 0 Å². The number of esters is 1. The Morgan fingerprint density at radius 2 is 2.29 bits per heavy atom. The van der Waals surface area contributed by atoms with E-state index in [9.17, 15) is 4.79 Å². The van der Waals surface area contributed by atoms with E-state index in [4.69, 9.17) is 5.26 Å². The molecule has 1 aromatic carbocycles. The van der Waals surface area contributed by atoms with Gasteiger partial charge in [0.25, 0.3) is 0 Å². The largest absolute Gasteiger partial charge is 0.469 e. The lowest BCUT2D eigenvalue weighted by Crippen LogP contribution is -2.07. The number of anilines is 1. The number of aryl methyl sites for hydroxylation is 1. The van der Waals surface area contributed by atoms with Gasteiger partial charge in [-0.25, -0.2) is 0 Å². The average molecular weight is 232 g/mol. The number of nitrogens with zero attached hydrogens (tertiary/aromatic N) is 1. The summed E-state index contributed by atoms with van der Waals surface area (Å²) in [6.45, 7) is 2.66. The molecule has 0 unspecified atom stereocenters. The van der Waals surface area contributed by atoms with Crippen molar-refractivity contribution < 1.29 is 9.53 Å². The topological polar surface area (TPSA) is 62.1 Å². The summed E-state index contributed by atoms with van der Waals surface area (Å²) in [7, 11) is 1.39. The van der Waals surface area contributed by atoms with Gasteiger partial charge in [0.05, 0.1) is 18.7 Å². The molecular weight excluding hydrogens is 216 g/mol. The van der Waals surface area contributed by atoms with Crippen LogP contribution in [0, 0.1) is 18.3 Å². The van der Waals surface area contributed by atoms with E-state index in [1.54, 1.807) is 6.07 Å². The molecule has 1 rings (SSSR count). The maximum atomic E-state index is 10.9. The SMILES string of the molecule is COC(=O)CCCNc1cc(C#N)ccc1C. The predicted molar refractivity (Wildman–Crippen MR) is 65.6 cm³/mol. The van der Waals surface area contributed by atoms with E-state index in [-0.39, 0.29) is 5.97 Å². The summed E-state index contributed by atoms with van der Waals surface area (Å²) < 4.78 is 4.55. The van der Waals surface area contributed by atoms with Crippen molar-refractivity contribution in [2.24, 2.45) is 0 Å². The zero-order valence-corrected chi connectivity index (χ0v) is 10.1. The first kappa shape index (κ1) is 13.0. The highest BCUT2D eigenvalue weighted by Crippen LogP contribution is 2.16. The van der Waals surface area contributed by atoms with Crippen LogP contribution in [-0.2, 0) is 9.53 Å². The van der Waals surface area contributed by atoms with Crippen LogP contribution in [0.15, 0.2) is 18.2 Å². The molecule has 0 aliphatic heterocycles. The second-order valence-corrected chi connectivity index (χ2v) is 3.75. The molecule has 0 aromatic heterocycles. The van der Waals surface area contributed by atoms with Crippen molar-refractivity contribution in [3.63, 3.8) is 0 Å². The molecular formula is C13H16N2O2. The molecule has 0 saturated heterocycles. The Morgan fingerprint density at radius 3 is 2.94 bits per heavy atom. The zero-order valence-electron chi connectivity index (χ0n) is 10.1. The minimum Gasteiger partial charge on any atom is -0.469 e. The number of carbonyl (C=O) groups is 1. The molecule has 0 bridgehead atoms. The van der Waals surface area contributed by atoms with E-state index in [2.05, 4.69) is 16.1 Å². The van der Waals surface area contributed by atoms with Gasteiger partial charge in [0.1, 0.15) is 0 Å². The fourth-order valence-electron chi connectivity index (χ4n) is 1.44. The van der Waals surface area contributed by atoms with Crippen LogP contribution in [-0.4, -0.2) is 19.6 Å². The van der Waals surface area contributed by atoms with E-state index in [0.717, 1.165) is 11.3 Å². The van der Waals surface area contributed by atoms with Gasteiger partial charge in [0, 0.05) is 18.7 Å². The smallest absolute Gasteiger partial charge is 0.305 e. The second-order valence-electron chi connectivity index (χ2n) is 3.75. The van der Waals surface area contributed by atoms with E-state index in [1.165, 1.54) is 7.11 Å². The molecule has 90 valence electrons. The van der Waals surface area contributed by atoms with E-state index < -0.39 is 0 Å². The molecule has 4 nitrogen and oxygen atoms in total. The normalized spacial score (nSPS) is 9.47. The summed E-state index contributed by atoms with van der Waals surface area (Å²) in [5.74, 6) is -0.200. The molecule has 0 aliphatic rings. The number of methoxy groups -OCH3 is 1. The highest BCUT2D eigenvalue weighted by atomic mass is 16.5. The number of hydrogen-bond acceptors (Lipinski definition) is 4. The summed E-state index contributed by atoms with van der Waals surface area (Å²) in [5, 5.41) is 12.0. The summed E-state index contributed by atoms with van der Waals surface area (Å²) in [6, 6.07) is 7.60. The Balaban J connectivity index is 2.46. The quantitative estimate of drug-likeness (QED) is 0.624. The fourth-order valence-corrected chi connectivity index (χ4v) is 1.44. The van der Waals surface area contributed by atoms with Crippen LogP contribution in [0.5, 0.6) is 0 Å². The van der Waals surface area contributed by atoms with Crippen molar-refractivity contribution in [3.05, 3.63) is 29.3 Å². The van der Waals surface area contributed by atoms with Crippen molar-refractivity contribution in [3.8, 4) is 6.07 Å². The van der Waals surface area contributed by atoms with Crippen LogP contribution < -0.4 is 5.32 Å². The maximum Gasteiger partial charge on any atom is 0.305 e. The Bertz CT molecular complexity index is 436. The maximum absolute atomic E-state index is 10.9. The predicted octanol–water partition coefficient (Wildman–Crippen LogP) is 2.23. The lowest BCUT2D eigenvalue weighted by Gasteiger charge is -2.09. The van der Waals surface area contributed by atoms with Gasteiger partial charge in [0.15, 0.2) is 0 Å². The molecule has 0 aliphatic carbocycles. The first-order valence-electron chi connectivity index (χ1n) is 5.49. The highest BCUT2D eigenvalue weighted by molar-refractivity contribution is 5.69. The molecule has 0 fully saturated rings. The van der Waals surface area contributed by atoms with Gasteiger partial charge in [-0.2, -0.15) is 5.26 Å². The minimum atomic E-state index is -0.200. The third-order valence-corrected chi connectivity index (χ3v) is 2.47. The molecule has 0 atom stereocenters. The van der Waals surface area contributed by atoms with Crippen molar-refractivity contribution in [2.75, 3.05) is 19.0 Å². The zero-order chi connectivity index (χ0) is 12.7. The second kappa shape index (κ2) is 6.54. The number of carbonyl (C=O) groups excluding carboxylic acids is 1. The Kier molecular flexibility index (Phi) is 5.02. The number of nitriles is 1. The third kappa shape index (κ3) is 4.15. The number of hydrogen-bond donors (Lipinski definition) is 1. The Hall–Kier alpha value is -2.02. The van der Waals surface area contributed by atoms with Crippen LogP contribution >= 0.6 is 0 Å². The van der Waals surface area contributed by atoms with Gasteiger partial charge < -0.3 is 10.1 Å². The standard InChI is InChI=1S/C13H16N2O2/c1-10-5-6-11(9-14)8-12(10)15-7-3-4-13(16)17-2/h5-6,8,15H,3-4,7H2,1-2H3. The molecule has 1 N–H and O–H groups in total. The molecule has 0 radical (unpaired) electrons. The van der Waals surface area contributed by atoms with Crippen LogP contribution in [0.4, 0.5) is 5.69 Å². The molecule has 0 spiro atoms. The van der Waals surface area contributed by atoms with Crippen molar-refractivity contribution in [1.29, 1.82) is 5.26 Å². The number of nitrogens with one attached hydrogen (secondary N) is 1. The van der Waals surface area contributed by atoms with Crippen molar-refractivity contribution >= 4 is 11.7 Å². The van der Waals surface area contributed by atoms with Gasteiger partial charge in [-0.15, -0.1) is 0 Å². The lowest BCUT2D eigenvalue weighted by molar-refractivity contribution is -0.140. The average Bonchev–Trinajstić information content (AvgIpc) is 2.36. The number of ether oxygens (including phenoxy) is 1. The molecule has 1 aromatic rings. The monoisotopic (exact) mass is 232 g/mol. The van der Waals surface area contributed by atoms with Gasteiger partial charge in [-0.1, -0.05) is 6.07 Å². The van der Waals surface area contributed by atoms with Gasteiger partial charge >= 0.3 is 5.97 Å². The summed E-state index contributed by atoms with van der Waals surface area (Å²) >= 11 is 0. The Morgan fingerprint density at radius 1 is 1.53 bits per heavy atom. The summed E-state index contributed by atoms with van der Waals surface area (Å²) in [6.07, 6.45) is 1.11. The Labute approximate surface area is 101 Å². The van der Waals surface area contributed by atoms with Crippen LogP contribution in [0.1, 0.15) is 24.0 Å². The molecule has 0 amide bonds. The molecule has 0 heterocycles. The van der Waals surface area contributed by atoms with Gasteiger partial charge in [-0.05, 0) is 31.0 Å². The minimum absolute atomic E-state index is 0.200. The fraction of sp³-hybridized carbons (Fsp3) is 0.385. The molecule has 4 heteroatoms. The van der Waals surface area contributed by atoms with Crippen LogP contribution in [0.25, 0.3) is 0 Å².